The van der Waals surface area contributed by atoms with Gasteiger partial charge in [0.25, 0.3) is 11.5 Å². The summed E-state index contributed by atoms with van der Waals surface area (Å²) < 4.78 is 48.1. The molecule has 1 unspecified atom stereocenters. The Bertz CT molecular complexity index is 2090. The van der Waals surface area contributed by atoms with Gasteiger partial charge in [-0.15, -0.1) is 5.10 Å². The van der Waals surface area contributed by atoms with Crippen LogP contribution in [-0.2, 0) is 22.1 Å². The van der Waals surface area contributed by atoms with Crippen LogP contribution >= 0.6 is 11.6 Å². The maximum atomic E-state index is 14.2. The molecule has 49 heavy (non-hydrogen) atoms. The number of aromatic hydroxyl groups is 1. The van der Waals surface area contributed by atoms with Crippen molar-refractivity contribution in [1.29, 1.82) is 0 Å². The number of hydrogen-bond acceptors (Lipinski definition) is 9. The predicted octanol–water partition coefficient (Wildman–Crippen LogP) is 3.86. The second kappa shape index (κ2) is 12.5. The molecule has 1 atom stereocenters. The minimum absolute atomic E-state index is 0.00432. The Morgan fingerprint density at radius 1 is 1.12 bits per heavy atom. The van der Waals surface area contributed by atoms with E-state index in [-0.39, 0.29) is 53.9 Å². The highest BCUT2D eigenvalue weighted by Crippen LogP contribution is 2.36. The summed E-state index contributed by atoms with van der Waals surface area (Å²) in [5.41, 5.74) is 0.751. The fourth-order valence-electron chi connectivity index (χ4n) is 6.52. The summed E-state index contributed by atoms with van der Waals surface area (Å²) in [5.74, 6) is -0.879. The number of benzene rings is 1. The van der Waals surface area contributed by atoms with Crippen molar-refractivity contribution in [3.63, 3.8) is 0 Å². The number of aromatic nitrogens is 5. The van der Waals surface area contributed by atoms with Crippen LogP contribution in [-0.4, -0.2) is 85.4 Å². The Kier molecular flexibility index (Phi) is 8.30. The number of rotatable bonds is 5. The van der Waals surface area contributed by atoms with E-state index in [4.69, 9.17) is 21.3 Å². The zero-order valence-electron chi connectivity index (χ0n) is 26.1. The zero-order valence-corrected chi connectivity index (χ0v) is 26.9. The van der Waals surface area contributed by atoms with Gasteiger partial charge in [-0.2, -0.15) is 22.7 Å². The summed E-state index contributed by atoms with van der Waals surface area (Å²) in [7, 11) is 0. The van der Waals surface area contributed by atoms with Crippen LogP contribution in [0.15, 0.2) is 41.3 Å². The molecule has 0 spiro atoms. The smallest absolute Gasteiger partial charge is 0.416 e. The highest BCUT2D eigenvalue weighted by Gasteiger charge is 2.38. The Morgan fingerprint density at radius 2 is 1.90 bits per heavy atom. The van der Waals surface area contributed by atoms with Crippen molar-refractivity contribution < 1.29 is 32.6 Å². The molecule has 3 aromatic heterocycles. The van der Waals surface area contributed by atoms with Crippen LogP contribution in [0.3, 0.4) is 0 Å². The number of alkyl halides is 3. The number of fused-ring (bicyclic) bond motifs is 3. The maximum absolute atomic E-state index is 14.2. The van der Waals surface area contributed by atoms with E-state index in [2.05, 4.69) is 15.4 Å². The van der Waals surface area contributed by atoms with Crippen LogP contribution in [0, 0.1) is 6.92 Å². The van der Waals surface area contributed by atoms with Crippen LogP contribution in [0.4, 0.5) is 24.5 Å². The second-order valence-electron chi connectivity index (χ2n) is 12.0. The third kappa shape index (κ3) is 5.88. The second-order valence-corrected chi connectivity index (χ2v) is 12.4. The fraction of sp³-hybridized carbons (Fsp3) is 0.375. The number of carbonyl (C=O) groups excluding carboxylic acids is 2. The van der Waals surface area contributed by atoms with Gasteiger partial charge in [-0.3, -0.25) is 19.0 Å². The third-order valence-electron chi connectivity index (χ3n) is 9.06. The molecule has 256 valence electrons. The number of anilines is 2. The SMILES string of the molecule is Cc1cc(C(F)(F)F)ccc1NC(=O)C1CCc2c(N3CCN(C(=O)c4nccc(Cl)c4O)CC3)c(=O)n3nc(C4=CCOCC4)nc3n21. The summed E-state index contributed by atoms with van der Waals surface area (Å²) in [5, 5.41) is 17.6. The molecule has 13 nitrogen and oxygen atoms in total. The number of piperazine rings is 1. The molecule has 4 aromatic rings. The van der Waals surface area contributed by atoms with Gasteiger partial charge in [0.2, 0.25) is 11.7 Å². The lowest BCUT2D eigenvalue weighted by molar-refractivity contribution is -0.137. The minimum atomic E-state index is -4.52. The summed E-state index contributed by atoms with van der Waals surface area (Å²) >= 11 is 5.98. The van der Waals surface area contributed by atoms with Gasteiger partial charge in [-0.1, -0.05) is 17.7 Å². The van der Waals surface area contributed by atoms with Gasteiger partial charge >= 0.3 is 6.18 Å². The molecule has 2 N–H and O–H groups in total. The van der Waals surface area contributed by atoms with Crippen LogP contribution in [0.2, 0.25) is 5.02 Å². The van der Waals surface area contributed by atoms with E-state index in [1.807, 2.05) is 11.0 Å². The first-order valence-corrected chi connectivity index (χ1v) is 16.0. The molecule has 6 heterocycles. The van der Waals surface area contributed by atoms with Crippen molar-refractivity contribution in [2.45, 2.75) is 38.4 Å². The van der Waals surface area contributed by atoms with Gasteiger partial charge in [-0.05, 0) is 61.6 Å². The lowest BCUT2D eigenvalue weighted by Gasteiger charge is -2.36. The summed E-state index contributed by atoms with van der Waals surface area (Å²) in [6, 6.07) is 3.65. The van der Waals surface area contributed by atoms with Crippen molar-refractivity contribution in [3.05, 3.63) is 80.3 Å². The summed E-state index contributed by atoms with van der Waals surface area (Å²) in [4.78, 5) is 53.2. The molecule has 17 heteroatoms. The largest absolute Gasteiger partial charge is 0.504 e. The number of pyridine rings is 1. The average molecular weight is 699 g/mol. The van der Waals surface area contributed by atoms with E-state index in [0.717, 1.165) is 17.7 Å². The Morgan fingerprint density at radius 3 is 2.59 bits per heavy atom. The van der Waals surface area contributed by atoms with E-state index < -0.39 is 40.9 Å². The van der Waals surface area contributed by atoms with E-state index >= 15 is 0 Å². The lowest BCUT2D eigenvalue weighted by Crippen LogP contribution is -2.51. The van der Waals surface area contributed by atoms with Crippen molar-refractivity contribution in [3.8, 4) is 5.75 Å². The van der Waals surface area contributed by atoms with Crippen LogP contribution < -0.4 is 15.8 Å². The average Bonchev–Trinajstić information content (AvgIpc) is 3.73. The summed E-state index contributed by atoms with van der Waals surface area (Å²) in [6.45, 7) is 3.24. The van der Waals surface area contributed by atoms with Crippen molar-refractivity contribution in [2.24, 2.45) is 0 Å². The molecule has 2 amide bonds. The van der Waals surface area contributed by atoms with Gasteiger partial charge < -0.3 is 25.0 Å². The molecule has 1 fully saturated rings. The van der Waals surface area contributed by atoms with E-state index in [9.17, 15) is 32.7 Å². The Labute approximate surface area is 281 Å². The van der Waals surface area contributed by atoms with Crippen LogP contribution in [0.25, 0.3) is 11.4 Å². The molecule has 0 aliphatic carbocycles. The normalized spacial score (nSPS) is 18.1. The number of halogens is 4. The molecule has 1 aromatic carbocycles. The van der Waals surface area contributed by atoms with Gasteiger partial charge in [0.15, 0.2) is 17.3 Å². The van der Waals surface area contributed by atoms with Crippen molar-refractivity contribution >= 4 is 46.1 Å². The lowest BCUT2D eigenvalue weighted by atomic mass is 10.1. The van der Waals surface area contributed by atoms with Crippen molar-refractivity contribution in [2.75, 3.05) is 49.6 Å². The minimum Gasteiger partial charge on any atom is -0.504 e. The maximum Gasteiger partial charge on any atom is 0.416 e. The summed E-state index contributed by atoms with van der Waals surface area (Å²) in [6.07, 6.45) is -0.176. The highest BCUT2D eigenvalue weighted by molar-refractivity contribution is 6.32. The number of nitrogens with zero attached hydrogens (tertiary/aromatic N) is 7. The molecule has 0 saturated carbocycles. The monoisotopic (exact) mass is 698 g/mol. The molecule has 0 radical (unpaired) electrons. The van der Waals surface area contributed by atoms with E-state index in [1.54, 1.807) is 4.57 Å². The predicted molar refractivity (Wildman–Crippen MR) is 172 cm³/mol. The standard InChI is InChI=1S/C32H30ClF3N8O5/c1-17-16-19(32(34,35)36)2-3-21(17)38-28(46)23-5-4-22-25(30(48)44-31(43(22)23)39-27(40-44)18-7-14-49-15-8-18)41-10-12-42(13-11-41)29(47)24-26(45)20(33)6-9-37-24/h2-3,6-7,9,16,23,45H,4-5,8,10-15H2,1H3,(H,38,46). The number of carbonyl (C=O) groups is 2. The zero-order chi connectivity index (χ0) is 34.6. The van der Waals surface area contributed by atoms with Gasteiger partial charge in [0.05, 0.1) is 29.5 Å². The van der Waals surface area contributed by atoms with E-state index in [0.29, 0.717) is 49.7 Å². The highest BCUT2D eigenvalue weighted by atomic mass is 35.5. The topological polar surface area (TPSA) is 147 Å². The van der Waals surface area contributed by atoms with Gasteiger partial charge in [0.1, 0.15) is 11.7 Å². The fourth-order valence-corrected chi connectivity index (χ4v) is 6.67. The third-order valence-corrected chi connectivity index (χ3v) is 9.36. The molecular formula is C32H30ClF3N8O5. The molecule has 3 aliphatic heterocycles. The van der Waals surface area contributed by atoms with Crippen LogP contribution in [0.1, 0.15) is 52.0 Å². The first-order valence-electron chi connectivity index (χ1n) is 15.6. The van der Waals surface area contributed by atoms with Crippen molar-refractivity contribution in [1.82, 2.24) is 29.0 Å². The molecular weight excluding hydrogens is 669 g/mol. The molecule has 1 saturated heterocycles. The van der Waals surface area contributed by atoms with Gasteiger partial charge in [-0.25, -0.2) is 4.98 Å². The molecule has 7 rings (SSSR count). The quantitative estimate of drug-likeness (QED) is 0.317. The van der Waals surface area contributed by atoms with Gasteiger partial charge in [0, 0.05) is 38.1 Å². The number of amides is 2. The number of aryl methyl sites for hydroxylation is 1. The number of nitrogens with one attached hydrogen (secondary N) is 1. The first-order chi connectivity index (χ1) is 23.4. The van der Waals surface area contributed by atoms with Crippen LogP contribution in [0.5, 0.6) is 5.75 Å². The number of ether oxygens (including phenoxy) is 1. The molecule has 3 aliphatic rings. The first kappa shape index (κ1) is 32.6. The number of hydrogen-bond donors (Lipinski definition) is 2. The Balaban J connectivity index is 1.23. The molecule has 0 bridgehead atoms. The Hall–Kier alpha value is -4.96. The van der Waals surface area contributed by atoms with E-state index in [1.165, 1.54) is 34.7 Å².